The molecule has 0 aromatic heterocycles. The van der Waals surface area contributed by atoms with Crippen LogP contribution in [0.1, 0.15) is 0 Å². The van der Waals surface area contributed by atoms with Crippen LogP contribution in [-0.2, 0) is 27.6 Å². The maximum absolute atomic E-state index is 8.61. The first-order valence-corrected chi connectivity index (χ1v) is 2.19. The van der Waals surface area contributed by atoms with Gasteiger partial charge in [0.2, 0.25) is 0 Å². The van der Waals surface area contributed by atoms with Crippen LogP contribution in [0.25, 0.3) is 0 Å². The molecule has 4 nitrogen and oxygen atoms in total. The van der Waals surface area contributed by atoms with Crippen molar-refractivity contribution in [2.75, 3.05) is 0 Å². The standard InChI is InChI=1S/CHO2.H2O.O.Ti/c2-1-3;;;/h(H,2,3);1H2;;/q-1;;;+1/p-1. The summed E-state index contributed by atoms with van der Waals surface area (Å²) in [4.78, 5) is 8.24. The van der Waals surface area contributed by atoms with E-state index in [9.17, 15) is 0 Å². The Morgan fingerprint density at radius 2 is 1.67 bits per heavy atom. The fourth-order valence-electron chi connectivity index (χ4n) is 0. The van der Waals surface area contributed by atoms with E-state index >= 15 is 0 Å². The van der Waals surface area contributed by atoms with Gasteiger partial charge in [0.05, 0.1) is 0 Å². The summed E-state index contributed by atoms with van der Waals surface area (Å²) in [5.41, 5.74) is 0. The topological polar surface area (TPSA) is 74.6 Å². The van der Waals surface area contributed by atoms with E-state index in [1.807, 2.05) is 0 Å². The molecule has 0 bridgehead atoms. The second kappa shape index (κ2) is 20.3. The third-order valence-corrected chi connectivity index (χ3v) is 0. The zero-order chi connectivity index (χ0) is 5.41. The van der Waals surface area contributed by atoms with E-state index < -0.39 is 19.5 Å². The molecule has 0 amide bonds. The van der Waals surface area contributed by atoms with E-state index in [0.29, 0.717) is 6.47 Å². The van der Waals surface area contributed by atoms with E-state index in [1.165, 1.54) is 0 Å². The fourth-order valence-corrected chi connectivity index (χ4v) is 0. The quantitative estimate of drug-likeness (QED) is 0.320. The summed E-state index contributed by atoms with van der Waals surface area (Å²) in [5.74, 6) is 0. The molecule has 0 radical (unpaired) electrons. The third-order valence-electron chi connectivity index (χ3n) is 0. The average Bonchev–Trinajstić information content (AvgIpc) is 1.39. The van der Waals surface area contributed by atoms with Crippen LogP contribution < -0.4 is 0 Å². The van der Waals surface area contributed by atoms with E-state index in [-0.39, 0.29) is 0 Å². The van der Waals surface area contributed by atoms with Crippen molar-refractivity contribution in [3.05, 3.63) is 0 Å². The van der Waals surface area contributed by atoms with Crippen LogP contribution in [0, 0.1) is 0 Å². The number of aliphatic hydroxyl groups excluding tert-OH is 1. The number of hydrogen-bond acceptors (Lipinski definition) is 2. The van der Waals surface area contributed by atoms with Gasteiger partial charge in [-0.25, -0.2) is 0 Å². The van der Waals surface area contributed by atoms with Gasteiger partial charge in [-0.2, -0.15) is 0 Å². The number of hydrogen-bond donors (Lipinski definition) is 2. The molecule has 0 heterocycles. The van der Waals surface area contributed by atoms with Gasteiger partial charge in [0, 0.05) is 0 Å². The van der Waals surface area contributed by atoms with Crippen molar-refractivity contribution in [2.24, 2.45) is 0 Å². The Morgan fingerprint density at radius 1 is 1.67 bits per heavy atom. The van der Waals surface area contributed by atoms with Gasteiger partial charge in [-0.1, -0.05) is 6.47 Å². The molecule has 0 spiro atoms. The van der Waals surface area contributed by atoms with Crippen molar-refractivity contribution in [3.63, 3.8) is 0 Å². The van der Waals surface area contributed by atoms with Crippen LogP contribution in [0.5, 0.6) is 0 Å². The van der Waals surface area contributed by atoms with Gasteiger partial charge in [-0.05, 0) is 0 Å². The van der Waals surface area contributed by atoms with Crippen molar-refractivity contribution < 1.29 is 36.4 Å². The minimum absolute atomic E-state index is 0.500. The van der Waals surface area contributed by atoms with Crippen LogP contribution in [0.15, 0.2) is 0 Å². The summed E-state index contributed by atoms with van der Waals surface area (Å²) < 4.78 is 15.8. The van der Waals surface area contributed by atoms with Crippen LogP contribution in [0.3, 0.4) is 0 Å². The van der Waals surface area contributed by atoms with Gasteiger partial charge in [0.25, 0.3) is 0 Å². The zero-order valence-corrected chi connectivity index (χ0v) is 4.27. The molecule has 2 N–H and O–H groups in total. The number of rotatable bonds is 0. The van der Waals surface area contributed by atoms with Crippen molar-refractivity contribution in [2.45, 2.75) is 0 Å². The van der Waals surface area contributed by atoms with Crippen LogP contribution in [0.4, 0.5) is 0 Å². The molecule has 0 aliphatic carbocycles. The SMILES string of the molecule is O=[C-]O.[O]=[Ti][OH]. The molecular weight excluding hydrogens is 124 g/mol. The van der Waals surface area contributed by atoms with Crippen molar-refractivity contribution in [1.82, 2.24) is 0 Å². The van der Waals surface area contributed by atoms with Crippen LogP contribution in [-0.4, -0.2) is 15.3 Å². The summed E-state index contributed by atoms with van der Waals surface area (Å²) >= 11 is -1.75. The molecule has 5 heteroatoms. The average molecular weight is 126 g/mol. The first-order chi connectivity index (χ1) is 2.83. The predicted octanol–water partition coefficient (Wildman–Crippen LogP) is -1.07. The molecule has 0 aliphatic rings. The van der Waals surface area contributed by atoms with E-state index in [0.717, 1.165) is 0 Å². The van der Waals surface area contributed by atoms with Crippen LogP contribution >= 0.6 is 0 Å². The summed E-state index contributed by atoms with van der Waals surface area (Å²) in [7, 11) is 0. The summed E-state index contributed by atoms with van der Waals surface area (Å²) in [5, 5.41) is 6.76. The molecule has 0 aromatic rings. The molecule has 0 aliphatic heterocycles. The Kier molecular flexibility index (Phi) is 31.7. The molecule has 0 unspecified atom stereocenters. The first-order valence-electron chi connectivity index (χ1n) is 0.855. The first kappa shape index (κ1) is 9.34. The van der Waals surface area contributed by atoms with Gasteiger partial charge >= 0.3 is 26.5 Å². The second-order valence-electron chi connectivity index (χ2n) is 0.183. The summed E-state index contributed by atoms with van der Waals surface area (Å²) in [6.45, 7) is 0.500. The Labute approximate surface area is 43.5 Å². The minimum atomic E-state index is -1.75. The molecule has 0 rings (SSSR count). The Balaban J connectivity index is 0. The second-order valence-corrected chi connectivity index (χ2v) is 0.468. The normalized spacial score (nSPS) is 3.50. The van der Waals surface area contributed by atoms with E-state index in [1.54, 1.807) is 0 Å². The summed E-state index contributed by atoms with van der Waals surface area (Å²) in [6.07, 6.45) is 0. The maximum atomic E-state index is 8.61. The predicted molar refractivity (Wildman–Crippen MR) is 11.2 cm³/mol. The van der Waals surface area contributed by atoms with Gasteiger partial charge in [-0.15, -0.1) is 0 Å². The molecule has 0 saturated carbocycles. The zero-order valence-electron chi connectivity index (χ0n) is 2.71. The van der Waals surface area contributed by atoms with Gasteiger partial charge in [0.15, 0.2) is 0 Å². The van der Waals surface area contributed by atoms with Crippen molar-refractivity contribution in [3.8, 4) is 0 Å². The van der Waals surface area contributed by atoms with E-state index in [2.05, 4.69) is 0 Å². The van der Waals surface area contributed by atoms with Crippen molar-refractivity contribution in [1.29, 1.82) is 0 Å². The molecule has 0 fully saturated rings. The van der Waals surface area contributed by atoms with Gasteiger partial charge in [0.1, 0.15) is 0 Å². The molecular formula is CH2O4Ti-. The molecule has 6 heavy (non-hydrogen) atoms. The molecule has 35 valence electrons. The monoisotopic (exact) mass is 126 g/mol. The van der Waals surface area contributed by atoms with Gasteiger partial charge in [-0.3, -0.25) is 0 Å². The summed E-state index contributed by atoms with van der Waals surface area (Å²) in [6, 6.07) is 0. The Morgan fingerprint density at radius 3 is 1.67 bits per heavy atom. The van der Waals surface area contributed by atoms with E-state index in [4.69, 9.17) is 16.9 Å². The Hall–Kier alpha value is -0.0557. The van der Waals surface area contributed by atoms with Crippen LogP contribution in [0.2, 0.25) is 0 Å². The molecule has 0 aromatic carbocycles. The molecule has 0 saturated heterocycles. The third kappa shape index (κ3) is 11000. The van der Waals surface area contributed by atoms with Crippen molar-refractivity contribution >= 4 is 6.47 Å². The molecule has 0 atom stereocenters. The fraction of sp³-hybridized carbons (Fsp3) is 0. The van der Waals surface area contributed by atoms with Gasteiger partial charge < -0.3 is 9.90 Å². The Bertz CT molecular complexity index is 28.5.